The number of benzene rings is 2. The molecule has 100 valence electrons. The van der Waals surface area contributed by atoms with Gasteiger partial charge < -0.3 is 0 Å². The molecule has 0 radical (unpaired) electrons. The zero-order chi connectivity index (χ0) is 14.5. The lowest BCUT2D eigenvalue weighted by Crippen LogP contribution is -1.89. The van der Waals surface area contributed by atoms with Gasteiger partial charge in [0.1, 0.15) is 0 Å². The molecule has 0 amide bonds. The largest absolute Gasteiger partial charge is 0.276 e. The fraction of sp³-hybridized carbons (Fsp3) is 0. The van der Waals surface area contributed by atoms with Crippen molar-refractivity contribution in [3.05, 3.63) is 59.7 Å². The molecule has 0 heterocycles. The van der Waals surface area contributed by atoms with Crippen molar-refractivity contribution < 1.29 is 9.59 Å². The molecule has 0 spiro atoms. The minimum atomic E-state index is -0.624. The van der Waals surface area contributed by atoms with Crippen LogP contribution >= 0.6 is 23.2 Å². The molecule has 2 aromatic rings. The van der Waals surface area contributed by atoms with Crippen molar-refractivity contribution in [2.45, 2.75) is 0 Å². The molecule has 2 rings (SSSR count). The molecule has 4 nitrogen and oxygen atoms in total. The molecule has 20 heavy (non-hydrogen) atoms. The van der Waals surface area contributed by atoms with E-state index in [9.17, 15) is 9.59 Å². The van der Waals surface area contributed by atoms with Gasteiger partial charge >= 0.3 is 0 Å². The molecule has 0 atom stereocenters. The molecule has 0 bridgehead atoms. The first-order valence-corrected chi connectivity index (χ1v) is 6.34. The Balaban J connectivity index is 2.40. The normalized spacial score (nSPS) is 10.7. The molecule has 6 heteroatoms. The van der Waals surface area contributed by atoms with Gasteiger partial charge in [-0.15, -0.1) is 10.2 Å². The summed E-state index contributed by atoms with van der Waals surface area (Å²) in [4.78, 5) is 22.5. The van der Waals surface area contributed by atoms with E-state index in [2.05, 4.69) is 10.2 Å². The Morgan fingerprint density at radius 1 is 0.700 bits per heavy atom. The Morgan fingerprint density at radius 3 is 1.40 bits per heavy atom. The molecular formula is C14H8Cl2N2O2. The highest BCUT2D eigenvalue weighted by Crippen LogP contribution is 2.26. The lowest BCUT2D eigenvalue weighted by Gasteiger charge is -2.00. The summed E-state index contributed by atoms with van der Waals surface area (Å²) in [5, 5.41) is 6.65. The van der Waals surface area contributed by atoms with Gasteiger partial charge in [-0.2, -0.15) is 0 Å². The number of carbonyl (C=O) groups is 2. The summed E-state index contributed by atoms with van der Waals surface area (Å²) in [6.45, 7) is 0. The van der Waals surface area contributed by atoms with Gasteiger partial charge in [0.15, 0.2) is 0 Å². The van der Waals surface area contributed by atoms with Gasteiger partial charge in [0.2, 0.25) is 0 Å². The van der Waals surface area contributed by atoms with Crippen molar-refractivity contribution in [3.8, 4) is 0 Å². The first kappa shape index (κ1) is 14.4. The van der Waals surface area contributed by atoms with E-state index in [1.54, 1.807) is 48.5 Å². The van der Waals surface area contributed by atoms with E-state index in [1.807, 2.05) is 0 Å². The monoisotopic (exact) mass is 306 g/mol. The van der Waals surface area contributed by atoms with Gasteiger partial charge in [-0.05, 0) is 47.5 Å². The number of rotatable bonds is 4. The summed E-state index contributed by atoms with van der Waals surface area (Å²) in [7, 11) is 0. The molecule has 0 saturated carbocycles. The van der Waals surface area contributed by atoms with Crippen molar-refractivity contribution in [1.29, 1.82) is 0 Å². The van der Waals surface area contributed by atoms with E-state index >= 15 is 0 Å². The number of halogens is 2. The fourth-order valence-corrected chi connectivity index (χ4v) is 1.88. The maximum Gasteiger partial charge on any atom is 0.254 e. The molecule has 0 aliphatic heterocycles. The van der Waals surface area contributed by atoms with Gasteiger partial charge in [0.05, 0.1) is 22.5 Å². The molecule has 0 fully saturated rings. The van der Waals surface area contributed by atoms with Crippen LogP contribution < -0.4 is 0 Å². The average Bonchev–Trinajstić information content (AvgIpc) is 2.45. The minimum absolute atomic E-state index is 0.243. The second-order valence-electron chi connectivity index (χ2n) is 3.78. The van der Waals surface area contributed by atoms with Crippen LogP contribution in [-0.2, 0) is 0 Å². The summed E-state index contributed by atoms with van der Waals surface area (Å²) >= 11 is 10.9. The molecular weight excluding hydrogens is 299 g/mol. The highest BCUT2D eigenvalue weighted by Gasteiger charge is 2.09. The predicted molar refractivity (Wildman–Crippen MR) is 77.4 cm³/mol. The van der Waals surface area contributed by atoms with Gasteiger partial charge in [0, 0.05) is 0 Å². The zero-order valence-corrected chi connectivity index (χ0v) is 11.6. The Hall–Kier alpha value is -2.04. The quantitative estimate of drug-likeness (QED) is 0.598. The lowest BCUT2D eigenvalue weighted by atomic mass is 10.2. The second-order valence-corrected chi connectivity index (χ2v) is 4.47. The third-order valence-corrected chi connectivity index (χ3v) is 2.90. The van der Waals surface area contributed by atoms with Gasteiger partial charge in [-0.25, -0.2) is 0 Å². The average molecular weight is 307 g/mol. The molecule has 0 saturated heterocycles. The second kappa shape index (κ2) is 6.41. The number of hydrogen-bond donors (Lipinski definition) is 0. The highest BCUT2D eigenvalue weighted by molar-refractivity contribution is 6.68. The summed E-state index contributed by atoms with van der Waals surface area (Å²) in [6.07, 6.45) is 0. The van der Waals surface area contributed by atoms with Crippen molar-refractivity contribution in [2.75, 3.05) is 0 Å². The van der Waals surface area contributed by atoms with Crippen LogP contribution in [0.5, 0.6) is 0 Å². The zero-order valence-electron chi connectivity index (χ0n) is 10.1. The van der Waals surface area contributed by atoms with E-state index in [0.717, 1.165) is 0 Å². The van der Waals surface area contributed by atoms with Crippen LogP contribution in [0, 0.1) is 0 Å². The van der Waals surface area contributed by atoms with Crippen molar-refractivity contribution in [3.63, 3.8) is 0 Å². The maximum atomic E-state index is 11.2. The standard InChI is InChI=1S/C14H8Cl2N2O2/c15-13(19)9-5-1-3-7-11(9)17-18-12-8-4-2-6-10(12)14(16)20/h1-8H. The van der Waals surface area contributed by atoms with Crippen LogP contribution in [-0.4, -0.2) is 10.5 Å². The van der Waals surface area contributed by atoms with E-state index < -0.39 is 10.5 Å². The SMILES string of the molecule is O=C(Cl)c1ccccc1N=Nc1ccccc1C(=O)Cl. The van der Waals surface area contributed by atoms with E-state index in [0.29, 0.717) is 11.4 Å². The van der Waals surface area contributed by atoms with Crippen LogP contribution in [0.25, 0.3) is 0 Å². The smallest absolute Gasteiger partial charge is 0.254 e. The summed E-state index contributed by atoms with van der Waals surface area (Å²) in [5.74, 6) is 0. The van der Waals surface area contributed by atoms with Crippen LogP contribution in [0.2, 0.25) is 0 Å². The van der Waals surface area contributed by atoms with Crippen LogP contribution in [0.4, 0.5) is 11.4 Å². The number of azo groups is 1. The Labute approximate surface area is 125 Å². The van der Waals surface area contributed by atoms with Gasteiger partial charge in [-0.1, -0.05) is 24.3 Å². The first-order valence-electron chi connectivity index (χ1n) is 5.59. The van der Waals surface area contributed by atoms with Gasteiger partial charge in [0.25, 0.3) is 10.5 Å². The summed E-state index contributed by atoms with van der Waals surface area (Å²) < 4.78 is 0. The van der Waals surface area contributed by atoms with Crippen molar-refractivity contribution in [1.82, 2.24) is 0 Å². The number of carbonyl (C=O) groups excluding carboxylic acids is 2. The summed E-state index contributed by atoms with van der Waals surface area (Å²) in [6, 6.07) is 13.0. The molecule has 0 aliphatic rings. The number of hydrogen-bond acceptors (Lipinski definition) is 4. The third-order valence-electron chi connectivity index (χ3n) is 2.50. The lowest BCUT2D eigenvalue weighted by molar-refractivity contribution is 0.107. The Morgan fingerprint density at radius 2 is 1.05 bits per heavy atom. The van der Waals surface area contributed by atoms with Crippen LogP contribution in [0.15, 0.2) is 58.8 Å². The van der Waals surface area contributed by atoms with E-state index in [-0.39, 0.29) is 11.1 Å². The van der Waals surface area contributed by atoms with Gasteiger partial charge in [-0.3, -0.25) is 9.59 Å². The van der Waals surface area contributed by atoms with Crippen molar-refractivity contribution in [2.24, 2.45) is 10.2 Å². The molecule has 0 unspecified atom stereocenters. The number of nitrogens with zero attached hydrogens (tertiary/aromatic N) is 2. The molecule has 0 aliphatic carbocycles. The van der Waals surface area contributed by atoms with Crippen molar-refractivity contribution >= 4 is 45.1 Å². The van der Waals surface area contributed by atoms with E-state index in [1.165, 1.54) is 0 Å². The molecule has 0 N–H and O–H groups in total. The first-order chi connectivity index (χ1) is 9.59. The van der Waals surface area contributed by atoms with Crippen LogP contribution in [0.1, 0.15) is 20.7 Å². The predicted octanol–water partition coefficient (Wildman–Crippen LogP) is 4.86. The molecule has 2 aromatic carbocycles. The summed E-state index contributed by atoms with van der Waals surface area (Å²) in [5.41, 5.74) is 1.13. The van der Waals surface area contributed by atoms with Crippen LogP contribution in [0.3, 0.4) is 0 Å². The van der Waals surface area contributed by atoms with E-state index in [4.69, 9.17) is 23.2 Å². The topological polar surface area (TPSA) is 58.9 Å². The third kappa shape index (κ3) is 3.29. The highest BCUT2D eigenvalue weighted by atomic mass is 35.5. The molecule has 0 aromatic heterocycles. The maximum absolute atomic E-state index is 11.2. The Bertz CT molecular complexity index is 640. The minimum Gasteiger partial charge on any atom is -0.276 e. The Kier molecular flexibility index (Phi) is 4.61. The fourth-order valence-electron chi connectivity index (χ4n) is 1.56.